The predicted molar refractivity (Wildman–Crippen MR) is 75.6 cm³/mol. The van der Waals surface area contributed by atoms with Gasteiger partial charge in [-0.15, -0.1) is 0 Å². The summed E-state index contributed by atoms with van der Waals surface area (Å²) in [5.41, 5.74) is 1.05. The van der Waals surface area contributed by atoms with Gasteiger partial charge in [0.1, 0.15) is 11.6 Å². The van der Waals surface area contributed by atoms with Crippen LogP contribution in [0.15, 0.2) is 36.7 Å². The van der Waals surface area contributed by atoms with Crippen molar-refractivity contribution in [2.45, 2.75) is 26.2 Å². The number of hydrogen-bond donors (Lipinski definition) is 1. The van der Waals surface area contributed by atoms with Gasteiger partial charge in [-0.05, 0) is 24.6 Å². The molecule has 1 heterocycles. The van der Waals surface area contributed by atoms with E-state index in [0.29, 0.717) is 19.8 Å². The monoisotopic (exact) mass is 276 g/mol. The minimum atomic E-state index is -0.541. The van der Waals surface area contributed by atoms with Crippen molar-refractivity contribution in [3.05, 3.63) is 48.0 Å². The number of aryl methyl sites for hydroxylation is 1. The quantitative estimate of drug-likeness (QED) is 0.837. The zero-order chi connectivity index (χ0) is 14.4. The van der Waals surface area contributed by atoms with Gasteiger partial charge < -0.3 is 19.1 Å². The van der Waals surface area contributed by atoms with E-state index in [1.165, 1.54) is 0 Å². The van der Waals surface area contributed by atoms with E-state index in [1.54, 1.807) is 13.3 Å². The van der Waals surface area contributed by atoms with E-state index in [1.807, 2.05) is 42.0 Å². The third kappa shape index (κ3) is 4.08. The normalized spacial score (nSPS) is 12.3. The number of aliphatic hydroxyl groups excluding tert-OH is 1. The van der Waals surface area contributed by atoms with Gasteiger partial charge in [0.15, 0.2) is 0 Å². The molecule has 108 valence electrons. The Morgan fingerprint density at radius 1 is 1.30 bits per heavy atom. The fourth-order valence-electron chi connectivity index (χ4n) is 1.91. The Morgan fingerprint density at radius 3 is 2.65 bits per heavy atom. The van der Waals surface area contributed by atoms with Crippen LogP contribution in [0, 0.1) is 6.92 Å². The molecule has 1 aromatic heterocycles. The van der Waals surface area contributed by atoms with Crippen LogP contribution in [0.1, 0.15) is 11.4 Å². The molecule has 0 fully saturated rings. The fraction of sp³-hybridized carbons (Fsp3) is 0.400. The second-order valence-electron chi connectivity index (χ2n) is 4.64. The second-order valence-corrected chi connectivity index (χ2v) is 4.64. The maximum Gasteiger partial charge on any atom is 0.118 e. The SMILES string of the molecule is COc1ccc(COCC(O)Cn2ccnc2C)cc1. The third-order valence-corrected chi connectivity index (χ3v) is 3.07. The average molecular weight is 276 g/mol. The van der Waals surface area contributed by atoms with Gasteiger partial charge in [-0.2, -0.15) is 0 Å². The number of benzene rings is 1. The summed E-state index contributed by atoms with van der Waals surface area (Å²) in [5, 5.41) is 9.91. The van der Waals surface area contributed by atoms with E-state index in [-0.39, 0.29) is 0 Å². The first-order valence-corrected chi connectivity index (χ1v) is 6.55. The summed E-state index contributed by atoms with van der Waals surface area (Å²) < 4.78 is 12.5. The van der Waals surface area contributed by atoms with Crippen molar-refractivity contribution in [2.24, 2.45) is 0 Å². The summed E-state index contributed by atoms with van der Waals surface area (Å²) in [6.07, 6.45) is 3.03. The average Bonchev–Trinajstić information content (AvgIpc) is 2.85. The van der Waals surface area contributed by atoms with Crippen LogP contribution in [0.5, 0.6) is 5.75 Å². The summed E-state index contributed by atoms with van der Waals surface area (Å²) in [5.74, 6) is 1.71. The van der Waals surface area contributed by atoms with E-state index >= 15 is 0 Å². The van der Waals surface area contributed by atoms with E-state index in [2.05, 4.69) is 4.98 Å². The largest absolute Gasteiger partial charge is 0.497 e. The van der Waals surface area contributed by atoms with Crippen LogP contribution in [0.25, 0.3) is 0 Å². The van der Waals surface area contributed by atoms with Gasteiger partial charge in [-0.3, -0.25) is 0 Å². The van der Waals surface area contributed by atoms with Crippen molar-refractivity contribution in [3.8, 4) is 5.75 Å². The Bertz CT molecular complexity index is 522. The number of methoxy groups -OCH3 is 1. The van der Waals surface area contributed by atoms with Crippen LogP contribution in [0.2, 0.25) is 0 Å². The van der Waals surface area contributed by atoms with Crippen molar-refractivity contribution in [3.63, 3.8) is 0 Å². The molecule has 0 aliphatic rings. The zero-order valence-electron chi connectivity index (χ0n) is 11.8. The minimum absolute atomic E-state index is 0.295. The Morgan fingerprint density at radius 2 is 2.05 bits per heavy atom. The van der Waals surface area contributed by atoms with E-state index in [9.17, 15) is 5.11 Å². The van der Waals surface area contributed by atoms with Gasteiger partial charge >= 0.3 is 0 Å². The molecule has 1 N–H and O–H groups in total. The Kier molecular flexibility index (Phi) is 5.15. The first kappa shape index (κ1) is 14.6. The third-order valence-electron chi connectivity index (χ3n) is 3.07. The lowest BCUT2D eigenvalue weighted by molar-refractivity contribution is 0.0201. The first-order valence-electron chi connectivity index (χ1n) is 6.55. The highest BCUT2D eigenvalue weighted by molar-refractivity contribution is 5.26. The summed E-state index contributed by atoms with van der Waals surface area (Å²) in [7, 11) is 1.64. The van der Waals surface area contributed by atoms with Crippen LogP contribution in [0.4, 0.5) is 0 Å². The molecule has 0 spiro atoms. The Hall–Kier alpha value is -1.85. The summed E-state index contributed by atoms with van der Waals surface area (Å²) in [6.45, 7) is 3.17. The Balaban J connectivity index is 1.73. The highest BCUT2D eigenvalue weighted by Crippen LogP contribution is 2.12. The summed E-state index contributed by atoms with van der Waals surface area (Å²) in [6, 6.07) is 7.68. The van der Waals surface area contributed by atoms with Crippen molar-refractivity contribution in [1.82, 2.24) is 9.55 Å². The number of ether oxygens (including phenoxy) is 2. The molecule has 0 saturated heterocycles. The number of hydrogen-bond acceptors (Lipinski definition) is 4. The topological polar surface area (TPSA) is 56.5 Å². The number of aliphatic hydroxyl groups is 1. The van der Waals surface area contributed by atoms with E-state index in [4.69, 9.17) is 9.47 Å². The highest BCUT2D eigenvalue weighted by Gasteiger charge is 2.07. The maximum atomic E-state index is 9.91. The minimum Gasteiger partial charge on any atom is -0.497 e. The molecule has 0 amide bonds. The molecule has 1 unspecified atom stereocenters. The van der Waals surface area contributed by atoms with Crippen LogP contribution in [-0.4, -0.2) is 34.5 Å². The van der Waals surface area contributed by atoms with Crippen molar-refractivity contribution in [2.75, 3.05) is 13.7 Å². The summed E-state index contributed by atoms with van der Waals surface area (Å²) >= 11 is 0. The van der Waals surface area contributed by atoms with Gasteiger partial charge in [0.05, 0.1) is 33.0 Å². The fourth-order valence-corrected chi connectivity index (χ4v) is 1.91. The second kappa shape index (κ2) is 7.07. The van der Waals surface area contributed by atoms with E-state index < -0.39 is 6.10 Å². The van der Waals surface area contributed by atoms with Crippen molar-refractivity contribution < 1.29 is 14.6 Å². The first-order chi connectivity index (χ1) is 9.69. The summed E-state index contributed by atoms with van der Waals surface area (Å²) in [4.78, 5) is 4.11. The van der Waals surface area contributed by atoms with Crippen LogP contribution < -0.4 is 4.74 Å². The molecule has 0 aliphatic heterocycles. The van der Waals surface area contributed by atoms with E-state index in [0.717, 1.165) is 17.1 Å². The van der Waals surface area contributed by atoms with Gasteiger partial charge in [0.2, 0.25) is 0 Å². The zero-order valence-corrected chi connectivity index (χ0v) is 11.8. The molecule has 2 aromatic rings. The number of imidazole rings is 1. The van der Waals surface area contributed by atoms with Crippen LogP contribution >= 0.6 is 0 Å². The van der Waals surface area contributed by atoms with Gasteiger partial charge in [-0.1, -0.05) is 12.1 Å². The molecule has 5 heteroatoms. The van der Waals surface area contributed by atoms with Crippen molar-refractivity contribution >= 4 is 0 Å². The van der Waals surface area contributed by atoms with Gasteiger partial charge in [0, 0.05) is 12.4 Å². The lowest BCUT2D eigenvalue weighted by Gasteiger charge is -2.13. The lowest BCUT2D eigenvalue weighted by atomic mass is 10.2. The van der Waals surface area contributed by atoms with Crippen molar-refractivity contribution in [1.29, 1.82) is 0 Å². The molecule has 1 aromatic carbocycles. The van der Waals surface area contributed by atoms with Gasteiger partial charge in [-0.25, -0.2) is 4.98 Å². The predicted octanol–water partition coefficient (Wildman–Crippen LogP) is 1.78. The lowest BCUT2D eigenvalue weighted by Crippen LogP contribution is -2.22. The smallest absolute Gasteiger partial charge is 0.118 e. The molecule has 0 saturated carbocycles. The molecule has 1 atom stereocenters. The molecular formula is C15H20N2O3. The highest BCUT2D eigenvalue weighted by atomic mass is 16.5. The Labute approximate surface area is 118 Å². The number of aromatic nitrogens is 2. The molecule has 0 aliphatic carbocycles. The van der Waals surface area contributed by atoms with Crippen LogP contribution in [-0.2, 0) is 17.9 Å². The molecule has 0 radical (unpaired) electrons. The molecule has 20 heavy (non-hydrogen) atoms. The molecule has 0 bridgehead atoms. The molecule has 2 rings (SSSR count). The maximum absolute atomic E-state index is 9.91. The molecular weight excluding hydrogens is 256 g/mol. The number of nitrogens with zero attached hydrogens (tertiary/aromatic N) is 2. The number of rotatable bonds is 7. The van der Waals surface area contributed by atoms with Crippen LogP contribution in [0.3, 0.4) is 0 Å². The molecule has 5 nitrogen and oxygen atoms in total. The standard InChI is InChI=1S/C15H20N2O3/c1-12-16-7-8-17(12)9-14(18)11-20-10-13-3-5-15(19-2)6-4-13/h3-8,14,18H,9-11H2,1-2H3. The van der Waals surface area contributed by atoms with Gasteiger partial charge in [0.25, 0.3) is 0 Å².